The van der Waals surface area contributed by atoms with Crippen LogP contribution in [0.5, 0.6) is 0 Å². The average Bonchev–Trinajstić information content (AvgIpc) is 3.30. The Balaban J connectivity index is 1.38. The van der Waals surface area contributed by atoms with E-state index in [1.54, 1.807) is 4.31 Å². The molecule has 0 spiro atoms. The first-order chi connectivity index (χ1) is 12.6. The molecule has 3 aliphatic heterocycles. The summed E-state index contributed by atoms with van der Waals surface area (Å²) in [5, 5.41) is 0. The van der Waals surface area contributed by atoms with Gasteiger partial charge in [-0.25, -0.2) is 8.42 Å². The number of likely N-dealkylation sites (tertiary alicyclic amines) is 1. The topological polar surface area (TPSA) is 53.1 Å². The van der Waals surface area contributed by atoms with Gasteiger partial charge in [-0.15, -0.1) is 0 Å². The van der Waals surface area contributed by atoms with Crippen molar-refractivity contribution in [3.8, 4) is 0 Å². The molecule has 6 nitrogen and oxygen atoms in total. The van der Waals surface area contributed by atoms with Gasteiger partial charge in [0.05, 0.1) is 24.5 Å². The number of nitrogens with zero attached hydrogens (tertiary/aromatic N) is 3. The summed E-state index contributed by atoms with van der Waals surface area (Å²) in [7, 11) is -3.31. The molecule has 0 radical (unpaired) electrons. The highest BCUT2D eigenvalue weighted by atomic mass is 32.2. The molecule has 3 fully saturated rings. The summed E-state index contributed by atoms with van der Waals surface area (Å²) in [6.45, 7) is 7.15. The second-order valence-corrected chi connectivity index (χ2v) is 9.59. The van der Waals surface area contributed by atoms with Gasteiger partial charge in [0.2, 0.25) is 10.0 Å². The Morgan fingerprint density at radius 1 is 1.00 bits per heavy atom. The SMILES string of the molecule is O=S(=O)(Cc1ccccc1)N1C[C@@H]2OCCN(CCN3CCCC3)[C@@H]2C1. The second kappa shape index (κ2) is 7.94. The summed E-state index contributed by atoms with van der Waals surface area (Å²) in [6, 6.07) is 9.62. The second-order valence-electron chi connectivity index (χ2n) is 7.62. The fourth-order valence-corrected chi connectivity index (χ4v) is 5.93. The van der Waals surface area contributed by atoms with Gasteiger partial charge in [-0.05, 0) is 31.5 Å². The summed E-state index contributed by atoms with van der Waals surface area (Å²) in [5.74, 6) is 0.0705. The first-order valence-electron chi connectivity index (χ1n) is 9.71. The van der Waals surface area contributed by atoms with E-state index in [2.05, 4.69) is 9.80 Å². The number of hydrogen-bond donors (Lipinski definition) is 0. The summed E-state index contributed by atoms with van der Waals surface area (Å²) in [5.41, 5.74) is 0.842. The molecule has 3 aliphatic rings. The monoisotopic (exact) mass is 379 g/mol. The van der Waals surface area contributed by atoms with Crippen molar-refractivity contribution in [3.63, 3.8) is 0 Å². The van der Waals surface area contributed by atoms with Crippen LogP contribution < -0.4 is 0 Å². The fraction of sp³-hybridized carbons (Fsp3) is 0.684. The average molecular weight is 380 g/mol. The lowest BCUT2D eigenvalue weighted by atomic mass is 10.1. The van der Waals surface area contributed by atoms with Crippen molar-refractivity contribution < 1.29 is 13.2 Å². The van der Waals surface area contributed by atoms with E-state index in [1.807, 2.05) is 30.3 Å². The van der Waals surface area contributed by atoms with Crippen LogP contribution in [0.15, 0.2) is 30.3 Å². The molecule has 0 saturated carbocycles. The van der Waals surface area contributed by atoms with E-state index < -0.39 is 10.0 Å². The summed E-state index contributed by atoms with van der Waals surface area (Å²) in [4.78, 5) is 4.97. The van der Waals surface area contributed by atoms with Crippen LogP contribution in [0.4, 0.5) is 0 Å². The predicted octanol–water partition coefficient (Wildman–Crippen LogP) is 0.997. The maximum Gasteiger partial charge on any atom is 0.218 e. The van der Waals surface area contributed by atoms with Crippen molar-refractivity contribution in [1.82, 2.24) is 14.1 Å². The highest BCUT2D eigenvalue weighted by Crippen LogP contribution is 2.26. The molecule has 4 rings (SSSR count). The van der Waals surface area contributed by atoms with Gasteiger partial charge in [0.15, 0.2) is 0 Å². The van der Waals surface area contributed by atoms with Gasteiger partial charge in [0.25, 0.3) is 0 Å². The van der Waals surface area contributed by atoms with Crippen LogP contribution in [0.3, 0.4) is 0 Å². The van der Waals surface area contributed by atoms with E-state index in [1.165, 1.54) is 25.9 Å². The Labute approximate surface area is 156 Å². The van der Waals surface area contributed by atoms with E-state index in [9.17, 15) is 8.42 Å². The van der Waals surface area contributed by atoms with E-state index in [0.29, 0.717) is 19.7 Å². The smallest absolute Gasteiger partial charge is 0.218 e. The van der Waals surface area contributed by atoms with Gasteiger partial charge in [-0.2, -0.15) is 4.31 Å². The van der Waals surface area contributed by atoms with E-state index >= 15 is 0 Å². The Morgan fingerprint density at radius 3 is 2.54 bits per heavy atom. The Bertz CT molecular complexity index is 691. The number of sulfonamides is 1. The van der Waals surface area contributed by atoms with Gasteiger partial charge in [-0.1, -0.05) is 30.3 Å². The van der Waals surface area contributed by atoms with Crippen LogP contribution >= 0.6 is 0 Å². The van der Waals surface area contributed by atoms with Crippen molar-refractivity contribution in [1.29, 1.82) is 0 Å². The van der Waals surface area contributed by atoms with Crippen molar-refractivity contribution >= 4 is 10.0 Å². The van der Waals surface area contributed by atoms with Gasteiger partial charge < -0.3 is 9.64 Å². The van der Waals surface area contributed by atoms with Crippen LogP contribution in [0.25, 0.3) is 0 Å². The van der Waals surface area contributed by atoms with Gasteiger partial charge in [0.1, 0.15) is 0 Å². The molecule has 1 aromatic rings. The lowest BCUT2D eigenvalue weighted by Gasteiger charge is -2.37. The fourth-order valence-electron chi connectivity index (χ4n) is 4.38. The lowest BCUT2D eigenvalue weighted by Crippen LogP contribution is -2.52. The van der Waals surface area contributed by atoms with E-state index in [0.717, 1.165) is 25.2 Å². The quantitative estimate of drug-likeness (QED) is 0.738. The van der Waals surface area contributed by atoms with Crippen LogP contribution in [-0.2, 0) is 20.5 Å². The number of fused-ring (bicyclic) bond motifs is 1. The molecule has 1 aromatic carbocycles. The molecule has 0 amide bonds. The number of morpholine rings is 1. The van der Waals surface area contributed by atoms with Crippen molar-refractivity contribution in [2.45, 2.75) is 30.7 Å². The minimum atomic E-state index is -3.31. The first kappa shape index (κ1) is 18.4. The molecule has 3 saturated heterocycles. The standard InChI is InChI=1S/C19H29N3O3S/c23-26(24,16-17-6-2-1-3-7-17)22-14-18-19(15-22)25-13-12-21(18)11-10-20-8-4-5-9-20/h1-3,6-7,18-19H,4-5,8-16H2/t18-,19+/m1/s1. The minimum Gasteiger partial charge on any atom is -0.374 e. The number of hydrogen-bond acceptors (Lipinski definition) is 5. The summed E-state index contributed by atoms with van der Waals surface area (Å²) < 4.78 is 33.3. The highest BCUT2D eigenvalue weighted by molar-refractivity contribution is 7.88. The minimum absolute atomic E-state index is 0.00729. The van der Waals surface area contributed by atoms with E-state index in [-0.39, 0.29) is 17.9 Å². The third-order valence-corrected chi connectivity index (χ3v) is 7.65. The highest BCUT2D eigenvalue weighted by Gasteiger charge is 2.44. The van der Waals surface area contributed by atoms with Crippen LogP contribution in [0.1, 0.15) is 18.4 Å². The number of ether oxygens (including phenoxy) is 1. The molecule has 2 atom stereocenters. The van der Waals surface area contributed by atoms with Crippen molar-refractivity contribution in [2.75, 3.05) is 52.4 Å². The Hall–Kier alpha value is -0.990. The summed E-state index contributed by atoms with van der Waals surface area (Å²) >= 11 is 0. The Morgan fingerprint density at radius 2 is 1.77 bits per heavy atom. The van der Waals surface area contributed by atoms with Gasteiger partial charge >= 0.3 is 0 Å². The first-order valence-corrected chi connectivity index (χ1v) is 11.3. The van der Waals surface area contributed by atoms with Crippen LogP contribution in [-0.4, -0.2) is 87.1 Å². The zero-order valence-electron chi connectivity index (χ0n) is 15.3. The molecule has 0 bridgehead atoms. The van der Waals surface area contributed by atoms with Gasteiger partial charge in [-0.3, -0.25) is 4.90 Å². The summed E-state index contributed by atoms with van der Waals surface area (Å²) in [6.07, 6.45) is 2.62. The molecule has 0 unspecified atom stereocenters. The number of rotatable bonds is 6. The maximum absolute atomic E-state index is 12.9. The third kappa shape index (κ3) is 4.12. The molecule has 0 aromatic heterocycles. The molecule has 0 N–H and O–H groups in total. The molecule has 7 heteroatoms. The largest absolute Gasteiger partial charge is 0.374 e. The Kier molecular flexibility index (Phi) is 5.61. The normalized spacial score (nSPS) is 28.5. The zero-order valence-corrected chi connectivity index (χ0v) is 16.1. The predicted molar refractivity (Wildman–Crippen MR) is 101 cm³/mol. The number of benzene rings is 1. The maximum atomic E-state index is 12.9. The van der Waals surface area contributed by atoms with E-state index in [4.69, 9.17) is 4.74 Å². The van der Waals surface area contributed by atoms with Crippen LogP contribution in [0.2, 0.25) is 0 Å². The molecular weight excluding hydrogens is 350 g/mol. The van der Waals surface area contributed by atoms with Crippen molar-refractivity contribution in [2.24, 2.45) is 0 Å². The molecule has 26 heavy (non-hydrogen) atoms. The molecular formula is C19H29N3O3S. The van der Waals surface area contributed by atoms with Gasteiger partial charge in [0, 0.05) is 32.7 Å². The molecule has 0 aliphatic carbocycles. The molecule has 3 heterocycles. The lowest BCUT2D eigenvalue weighted by molar-refractivity contribution is -0.0485. The third-order valence-electron chi connectivity index (χ3n) is 5.87. The zero-order chi connectivity index (χ0) is 18.0. The molecule has 144 valence electrons. The van der Waals surface area contributed by atoms with Crippen LogP contribution in [0, 0.1) is 0 Å². The van der Waals surface area contributed by atoms with Crippen molar-refractivity contribution in [3.05, 3.63) is 35.9 Å².